The minimum absolute atomic E-state index is 0.263. The van der Waals surface area contributed by atoms with Crippen LogP contribution in [0.5, 0.6) is 11.5 Å². The Labute approximate surface area is 118 Å². The molecule has 0 bridgehead atoms. The van der Waals surface area contributed by atoms with Crippen molar-refractivity contribution >= 4 is 10.0 Å². The summed E-state index contributed by atoms with van der Waals surface area (Å²) in [6, 6.07) is 5.07. The van der Waals surface area contributed by atoms with Gasteiger partial charge in [-0.25, -0.2) is 8.42 Å². The summed E-state index contributed by atoms with van der Waals surface area (Å²) in [4.78, 5) is 2.30. The molecule has 0 amide bonds. The largest absolute Gasteiger partial charge is 0.486 e. The van der Waals surface area contributed by atoms with Crippen LogP contribution in [0.4, 0.5) is 0 Å². The molecule has 0 saturated carbocycles. The Morgan fingerprint density at radius 1 is 1.15 bits per heavy atom. The molecule has 6 nitrogen and oxygen atoms in total. The zero-order chi connectivity index (χ0) is 14.3. The highest BCUT2D eigenvalue weighted by molar-refractivity contribution is 7.89. The van der Waals surface area contributed by atoms with Gasteiger partial charge in [0, 0.05) is 25.2 Å². The Balaban J connectivity index is 1.82. The predicted octanol–water partition coefficient (Wildman–Crippen LogP) is 0.392. The van der Waals surface area contributed by atoms with Gasteiger partial charge in [0.2, 0.25) is 10.0 Å². The lowest BCUT2D eigenvalue weighted by Gasteiger charge is -2.41. The normalized spacial score (nSPS) is 19.9. The van der Waals surface area contributed by atoms with E-state index in [-0.39, 0.29) is 4.90 Å². The van der Waals surface area contributed by atoms with Gasteiger partial charge in [-0.1, -0.05) is 0 Å². The lowest BCUT2D eigenvalue weighted by atomic mass is 10.2. The zero-order valence-electron chi connectivity index (χ0n) is 11.6. The summed E-state index contributed by atoms with van der Waals surface area (Å²) in [6.45, 7) is 2.01. The van der Waals surface area contributed by atoms with E-state index in [4.69, 9.17) is 9.47 Å². The highest BCUT2D eigenvalue weighted by atomic mass is 32.2. The van der Waals surface area contributed by atoms with E-state index >= 15 is 0 Å². The maximum absolute atomic E-state index is 12.5. The third-order valence-corrected chi connectivity index (χ3v) is 5.54. The van der Waals surface area contributed by atoms with Crippen LogP contribution in [-0.4, -0.2) is 64.1 Å². The first-order chi connectivity index (χ1) is 9.48. The summed E-state index contributed by atoms with van der Waals surface area (Å²) < 4.78 is 37.3. The molecule has 20 heavy (non-hydrogen) atoms. The first-order valence-electron chi connectivity index (χ1n) is 6.55. The molecule has 2 heterocycles. The molecule has 3 rings (SSSR count). The highest BCUT2D eigenvalue weighted by Gasteiger charge is 2.38. The second-order valence-corrected chi connectivity index (χ2v) is 7.18. The number of hydrogen-bond donors (Lipinski definition) is 0. The fourth-order valence-corrected chi connectivity index (χ4v) is 3.80. The summed E-state index contributed by atoms with van der Waals surface area (Å²) in [5, 5.41) is 0. The number of hydrogen-bond acceptors (Lipinski definition) is 5. The molecule has 0 N–H and O–H groups in total. The molecule has 7 heteroatoms. The smallest absolute Gasteiger partial charge is 0.243 e. The lowest BCUT2D eigenvalue weighted by molar-refractivity contribution is 0.134. The van der Waals surface area contributed by atoms with Crippen LogP contribution in [-0.2, 0) is 10.0 Å². The molecule has 110 valence electrons. The van der Waals surface area contributed by atoms with Crippen molar-refractivity contribution in [2.75, 3.05) is 40.4 Å². The summed E-state index contributed by atoms with van der Waals surface area (Å²) in [5.41, 5.74) is 0. The van der Waals surface area contributed by atoms with E-state index in [1.54, 1.807) is 18.2 Å². The van der Waals surface area contributed by atoms with Crippen LogP contribution < -0.4 is 9.47 Å². The van der Waals surface area contributed by atoms with Crippen molar-refractivity contribution in [1.29, 1.82) is 0 Å². The average molecular weight is 298 g/mol. The molecule has 2 aliphatic rings. The zero-order valence-corrected chi connectivity index (χ0v) is 12.4. The van der Waals surface area contributed by atoms with Crippen LogP contribution in [0.25, 0.3) is 0 Å². The van der Waals surface area contributed by atoms with E-state index in [1.807, 2.05) is 19.0 Å². The maximum Gasteiger partial charge on any atom is 0.243 e. The van der Waals surface area contributed by atoms with E-state index in [0.717, 1.165) is 0 Å². The minimum Gasteiger partial charge on any atom is -0.486 e. The van der Waals surface area contributed by atoms with E-state index < -0.39 is 10.0 Å². The summed E-state index contributed by atoms with van der Waals surface area (Å²) in [6.07, 6.45) is 0. The molecule has 0 spiro atoms. The van der Waals surface area contributed by atoms with E-state index in [9.17, 15) is 8.42 Å². The van der Waals surface area contributed by atoms with Gasteiger partial charge in [0.15, 0.2) is 11.5 Å². The molecular weight excluding hydrogens is 280 g/mol. The minimum atomic E-state index is -3.43. The second kappa shape index (κ2) is 4.91. The van der Waals surface area contributed by atoms with Crippen molar-refractivity contribution in [2.45, 2.75) is 10.9 Å². The Hall–Kier alpha value is -1.31. The average Bonchev–Trinajstić information content (AvgIpc) is 2.35. The van der Waals surface area contributed by atoms with E-state index in [0.29, 0.717) is 43.8 Å². The van der Waals surface area contributed by atoms with Gasteiger partial charge >= 0.3 is 0 Å². The topological polar surface area (TPSA) is 59.1 Å². The van der Waals surface area contributed by atoms with Gasteiger partial charge in [0.25, 0.3) is 0 Å². The number of likely N-dealkylation sites (N-methyl/N-ethyl adjacent to an activating group) is 1. The molecule has 0 unspecified atom stereocenters. The Bertz CT molecular complexity index is 609. The number of ether oxygens (including phenoxy) is 2. The van der Waals surface area contributed by atoms with Crippen molar-refractivity contribution < 1.29 is 17.9 Å². The van der Waals surface area contributed by atoms with Gasteiger partial charge in [-0.2, -0.15) is 4.31 Å². The quantitative estimate of drug-likeness (QED) is 0.808. The standard InChI is InChI=1S/C13H18N2O4S/c1-14(2)10-8-15(9-10)20(16,17)11-3-4-12-13(7-11)19-6-5-18-12/h3-4,7,10H,5-6,8-9H2,1-2H3. The van der Waals surface area contributed by atoms with Crippen LogP contribution in [0.3, 0.4) is 0 Å². The van der Waals surface area contributed by atoms with Crippen LogP contribution in [0, 0.1) is 0 Å². The molecule has 0 radical (unpaired) electrons. The van der Waals surface area contributed by atoms with Crippen molar-refractivity contribution in [3.63, 3.8) is 0 Å². The van der Waals surface area contributed by atoms with Crippen molar-refractivity contribution in [3.05, 3.63) is 18.2 Å². The molecule has 1 fully saturated rings. The van der Waals surface area contributed by atoms with Gasteiger partial charge in [-0.3, -0.25) is 0 Å². The summed E-state index contributed by atoms with van der Waals surface area (Å²) in [7, 11) is 0.483. The van der Waals surface area contributed by atoms with Gasteiger partial charge in [0.1, 0.15) is 13.2 Å². The summed E-state index contributed by atoms with van der Waals surface area (Å²) in [5.74, 6) is 1.10. The number of nitrogens with zero attached hydrogens (tertiary/aromatic N) is 2. The highest BCUT2D eigenvalue weighted by Crippen LogP contribution is 2.34. The monoisotopic (exact) mass is 298 g/mol. The number of rotatable bonds is 3. The van der Waals surface area contributed by atoms with Gasteiger partial charge in [-0.05, 0) is 26.2 Å². The van der Waals surface area contributed by atoms with Gasteiger partial charge in [0.05, 0.1) is 4.90 Å². The molecule has 2 aliphatic heterocycles. The number of sulfonamides is 1. The second-order valence-electron chi connectivity index (χ2n) is 5.24. The Morgan fingerprint density at radius 3 is 2.45 bits per heavy atom. The van der Waals surface area contributed by atoms with Crippen LogP contribution in [0.2, 0.25) is 0 Å². The number of benzene rings is 1. The third-order valence-electron chi connectivity index (χ3n) is 3.71. The molecular formula is C13H18N2O4S. The third kappa shape index (κ3) is 2.25. The molecule has 1 saturated heterocycles. The van der Waals surface area contributed by atoms with Crippen LogP contribution in [0.15, 0.2) is 23.1 Å². The predicted molar refractivity (Wildman–Crippen MR) is 73.7 cm³/mol. The SMILES string of the molecule is CN(C)C1CN(S(=O)(=O)c2ccc3c(c2)OCCO3)C1. The van der Waals surface area contributed by atoms with E-state index in [1.165, 1.54) is 4.31 Å². The fraction of sp³-hybridized carbons (Fsp3) is 0.538. The van der Waals surface area contributed by atoms with Gasteiger partial charge in [-0.15, -0.1) is 0 Å². The Morgan fingerprint density at radius 2 is 1.80 bits per heavy atom. The van der Waals surface area contributed by atoms with Gasteiger partial charge < -0.3 is 14.4 Å². The van der Waals surface area contributed by atoms with Crippen LogP contribution >= 0.6 is 0 Å². The molecule has 0 aromatic heterocycles. The first-order valence-corrected chi connectivity index (χ1v) is 7.99. The maximum atomic E-state index is 12.5. The fourth-order valence-electron chi connectivity index (χ4n) is 2.27. The Kier molecular flexibility index (Phi) is 3.35. The van der Waals surface area contributed by atoms with Crippen molar-refractivity contribution in [1.82, 2.24) is 9.21 Å². The molecule has 1 aromatic carbocycles. The van der Waals surface area contributed by atoms with Crippen molar-refractivity contribution in [3.8, 4) is 11.5 Å². The molecule has 1 aromatic rings. The molecule has 0 atom stereocenters. The van der Waals surface area contributed by atoms with Crippen LogP contribution in [0.1, 0.15) is 0 Å². The summed E-state index contributed by atoms with van der Waals surface area (Å²) >= 11 is 0. The lowest BCUT2D eigenvalue weighted by Crippen LogP contribution is -2.58. The number of fused-ring (bicyclic) bond motifs is 1. The van der Waals surface area contributed by atoms with Crippen molar-refractivity contribution in [2.24, 2.45) is 0 Å². The van der Waals surface area contributed by atoms with E-state index in [2.05, 4.69) is 0 Å². The molecule has 0 aliphatic carbocycles. The first kappa shape index (κ1) is 13.7.